The van der Waals surface area contributed by atoms with Crippen molar-refractivity contribution in [3.63, 3.8) is 0 Å². The Hall–Kier alpha value is -2.70. The number of rotatable bonds is 3. The van der Waals surface area contributed by atoms with Gasteiger partial charge < -0.3 is 5.32 Å². The minimum atomic E-state index is -0.402. The van der Waals surface area contributed by atoms with Crippen LogP contribution in [0, 0.1) is 0 Å². The van der Waals surface area contributed by atoms with E-state index in [1.165, 1.54) is 31.1 Å². The number of benzene rings is 1. The lowest BCUT2D eigenvalue weighted by molar-refractivity contribution is -0.116. The maximum absolute atomic E-state index is 12.8. The maximum atomic E-state index is 12.8. The second-order valence-corrected chi connectivity index (χ2v) is 7.59. The minimum absolute atomic E-state index is 0.0244. The number of amides is 1. The zero-order valence-corrected chi connectivity index (χ0v) is 15.5. The van der Waals surface area contributed by atoms with E-state index in [4.69, 9.17) is 5.10 Å². The van der Waals surface area contributed by atoms with E-state index in [1.54, 1.807) is 0 Å². The van der Waals surface area contributed by atoms with Gasteiger partial charge in [0.2, 0.25) is 5.91 Å². The lowest BCUT2D eigenvalue weighted by Crippen LogP contribution is -2.16. The van der Waals surface area contributed by atoms with Gasteiger partial charge >= 0.3 is 0 Å². The Bertz CT molecular complexity index is 1020. The van der Waals surface area contributed by atoms with E-state index in [9.17, 15) is 4.79 Å². The first-order valence-corrected chi connectivity index (χ1v) is 9.88. The lowest BCUT2D eigenvalue weighted by Gasteiger charge is -2.21. The van der Waals surface area contributed by atoms with Crippen LogP contribution in [0.2, 0.25) is 6.82 Å². The second-order valence-electron chi connectivity index (χ2n) is 7.59. The monoisotopic (exact) mass is 359 g/mol. The van der Waals surface area contributed by atoms with Crippen LogP contribution in [0.15, 0.2) is 30.7 Å². The number of fused-ring (bicyclic) bond motifs is 2. The van der Waals surface area contributed by atoms with Crippen LogP contribution >= 0.6 is 0 Å². The molecule has 1 aliphatic carbocycles. The molecule has 1 aliphatic heterocycles. The largest absolute Gasteiger partial charge is 0.325 e. The third-order valence-electron chi connectivity index (χ3n) is 5.94. The molecule has 0 bridgehead atoms. The molecule has 1 saturated carbocycles. The van der Waals surface area contributed by atoms with E-state index in [0.29, 0.717) is 11.7 Å². The highest BCUT2D eigenvalue weighted by atomic mass is 16.2. The Morgan fingerprint density at radius 3 is 2.85 bits per heavy atom. The van der Waals surface area contributed by atoms with Crippen LogP contribution in [0.4, 0.5) is 5.69 Å². The summed E-state index contributed by atoms with van der Waals surface area (Å²) < 4.78 is 2.05. The molecule has 1 aromatic carbocycles. The molecule has 1 N–H and O–H groups in total. The number of hydrogen-bond acceptors (Lipinski definition) is 4. The smallest absolute Gasteiger partial charge is 0.238 e. The number of nitrogens with one attached hydrogen (secondary N) is 1. The highest BCUT2D eigenvalue weighted by molar-refractivity contribution is 6.52. The fraction of sp³-hybridized carbons (Fsp3) is 0.400. The standard InChI is InChI=1S/C20H22BN5O/c1-21-12-7-8-16-14(9-12)17(20(27)24-16)18-15-10-26(13-5-3-2-4-6-13)25-19(15)23-11-22-18/h7-11,13,17,21H,2-6H2,1H3,(H,24,27). The maximum Gasteiger partial charge on any atom is 0.238 e. The summed E-state index contributed by atoms with van der Waals surface area (Å²) >= 11 is 0. The summed E-state index contributed by atoms with van der Waals surface area (Å²) in [6.07, 6.45) is 9.70. The molecule has 3 aromatic rings. The number of nitrogens with zero attached hydrogens (tertiary/aromatic N) is 4. The Kier molecular flexibility index (Phi) is 3.95. The van der Waals surface area contributed by atoms with Crippen LogP contribution in [0.5, 0.6) is 0 Å². The van der Waals surface area contributed by atoms with Gasteiger partial charge in [-0.05, 0) is 24.5 Å². The van der Waals surface area contributed by atoms with Crippen molar-refractivity contribution in [3.8, 4) is 0 Å². The van der Waals surface area contributed by atoms with Crippen molar-refractivity contribution in [2.75, 3.05) is 5.32 Å². The van der Waals surface area contributed by atoms with Gasteiger partial charge in [0.05, 0.1) is 17.1 Å². The molecular formula is C20H22BN5O. The van der Waals surface area contributed by atoms with E-state index in [1.807, 2.05) is 6.07 Å². The highest BCUT2D eigenvalue weighted by Crippen LogP contribution is 2.38. The molecule has 1 atom stereocenters. The van der Waals surface area contributed by atoms with Gasteiger partial charge in [-0.25, -0.2) is 9.97 Å². The number of carbonyl (C=O) groups is 1. The Morgan fingerprint density at radius 1 is 1.19 bits per heavy atom. The van der Waals surface area contributed by atoms with Gasteiger partial charge in [0.1, 0.15) is 12.2 Å². The molecule has 3 heterocycles. The predicted octanol–water partition coefficient (Wildman–Crippen LogP) is 2.53. The SMILES string of the molecule is CBc1ccc2c(c1)C(c1ncnc3nn(C4CCCCC4)cc13)C(=O)N2. The van der Waals surface area contributed by atoms with Crippen LogP contribution in [0.25, 0.3) is 11.0 Å². The third-order valence-corrected chi connectivity index (χ3v) is 5.94. The number of anilines is 1. The molecule has 6 nitrogen and oxygen atoms in total. The van der Waals surface area contributed by atoms with Gasteiger partial charge in [0.15, 0.2) is 12.9 Å². The van der Waals surface area contributed by atoms with Crippen molar-refractivity contribution in [3.05, 3.63) is 42.0 Å². The Labute approximate surface area is 158 Å². The highest BCUT2D eigenvalue weighted by Gasteiger charge is 2.35. The second kappa shape index (κ2) is 6.48. The van der Waals surface area contributed by atoms with E-state index >= 15 is 0 Å². The fourth-order valence-corrected chi connectivity index (χ4v) is 4.44. The Balaban J connectivity index is 1.61. The van der Waals surface area contributed by atoms with Crippen LogP contribution in [0.1, 0.15) is 55.3 Å². The molecule has 0 radical (unpaired) electrons. The van der Waals surface area contributed by atoms with E-state index < -0.39 is 5.92 Å². The van der Waals surface area contributed by atoms with Gasteiger partial charge in [-0.15, -0.1) is 0 Å². The van der Waals surface area contributed by atoms with Crippen LogP contribution in [-0.2, 0) is 4.79 Å². The Morgan fingerprint density at radius 2 is 2.04 bits per heavy atom. The summed E-state index contributed by atoms with van der Waals surface area (Å²) in [5.41, 5.74) is 4.54. The van der Waals surface area contributed by atoms with E-state index in [0.717, 1.165) is 42.5 Å². The summed E-state index contributed by atoms with van der Waals surface area (Å²) in [4.78, 5) is 21.7. The first-order valence-electron chi connectivity index (χ1n) is 9.88. The van der Waals surface area contributed by atoms with Gasteiger partial charge in [-0.1, -0.05) is 43.7 Å². The van der Waals surface area contributed by atoms with E-state index in [2.05, 4.69) is 45.1 Å². The van der Waals surface area contributed by atoms with Crippen molar-refractivity contribution in [1.29, 1.82) is 0 Å². The average Bonchev–Trinajstić information content (AvgIpc) is 3.28. The molecule has 27 heavy (non-hydrogen) atoms. The van der Waals surface area contributed by atoms with Gasteiger partial charge in [-0.3, -0.25) is 9.48 Å². The number of carbonyl (C=O) groups excluding carboxylic acids is 1. The third kappa shape index (κ3) is 2.72. The molecule has 2 aliphatic rings. The fourth-order valence-electron chi connectivity index (χ4n) is 4.44. The normalized spacial score (nSPS) is 19.9. The van der Waals surface area contributed by atoms with Gasteiger partial charge in [0.25, 0.3) is 0 Å². The quantitative estimate of drug-likeness (QED) is 0.730. The first kappa shape index (κ1) is 16.5. The molecule has 1 amide bonds. The first-order chi connectivity index (χ1) is 13.2. The summed E-state index contributed by atoms with van der Waals surface area (Å²) in [6, 6.07) is 6.61. The van der Waals surface area contributed by atoms with E-state index in [-0.39, 0.29) is 5.91 Å². The summed E-state index contributed by atoms with van der Waals surface area (Å²) in [6.45, 7) is 2.12. The summed E-state index contributed by atoms with van der Waals surface area (Å²) in [5.74, 6) is -0.426. The average molecular weight is 359 g/mol. The van der Waals surface area contributed by atoms with Crippen LogP contribution < -0.4 is 10.8 Å². The van der Waals surface area contributed by atoms with Gasteiger partial charge in [-0.2, -0.15) is 5.10 Å². The lowest BCUT2D eigenvalue weighted by atomic mass is 9.72. The molecular weight excluding hydrogens is 337 g/mol. The zero-order valence-electron chi connectivity index (χ0n) is 15.5. The topological polar surface area (TPSA) is 72.7 Å². The molecule has 1 fully saturated rings. The van der Waals surface area contributed by atoms with Gasteiger partial charge in [0, 0.05) is 11.9 Å². The van der Waals surface area contributed by atoms with Crippen molar-refractivity contribution in [1.82, 2.24) is 19.7 Å². The van der Waals surface area contributed by atoms with Crippen LogP contribution in [-0.4, -0.2) is 32.9 Å². The molecule has 5 rings (SSSR count). The molecule has 0 spiro atoms. The zero-order chi connectivity index (χ0) is 18.4. The number of hydrogen-bond donors (Lipinski definition) is 1. The molecule has 0 saturated heterocycles. The molecule has 7 heteroatoms. The number of aromatic nitrogens is 4. The van der Waals surface area contributed by atoms with Crippen molar-refractivity contribution >= 4 is 35.4 Å². The molecule has 1 unspecified atom stereocenters. The van der Waals surface area contributed by atoms with Crippen LogP contribution in [0.3, 0.4) is 0 Å². The van der Waals surface area contributed by atoms with Crippen molar-refractivity contribution in [2.24, 2.45) is 0 Å². The minimum Gasteiger partial charge on any atom is -0.325 e. The molecule has 2 aromatic heterocycles. The predicted molar refractivity (Wildman–Crippen MR) is 107 cm³/mol. The van der Waals surface area contributed by atoms with Crippen molar-refractivity contribution < 1.29 is 4.79 Å². The van der Waals surface area contributed by atoms with Crippen molar-refractivity contribution in [2.45, 2.75) is 50.9 Å². The molecule has 136 valence electrons. The summed E-state index contributed by atoms with van der Waals surface area (Å²) in [5, 5.41) is 8.61. The summed E-state index contributed by atoms with van der Waals surface area (Å²) in [7, 11) is 0.937.